The van der Waals surface area contributed by atoms with Crippen LogP contribution in [0.15, 0.2) is 18.2 Å². The van der Waals surface area contributed by atoms with Crippen molar-refractivity contribution in [3.63, 3.8) is 0 Å². The van der Waals surface area contributed by atoms with Gasteiger partial charge in [0.05, 0.1) is 22.4 Å². The van der Waals surface area contributed by atoms with Gasteiger partial charge < -0.3 is 10.5 Å². The number of methoxy groups -OCH3 is 1. The van der Waals surface area contributed by atoms with Crippen LogP contribution in [0.1, 0.15) is 53.5 Å². The van der Waals surface area contributed by atoms with Crippen molar-refractivity contribution >= 4 is 11.8 Å². The van der Waals surface area contributed by atoms with Gasteiger partial charge in [0.2, 0.25) is 0 Å². The molecule has 0 aliphatic carbocycles. The highest BCUT2D eigenvalue weighted by molar-refractivity contribution is 6.21. The zero-order valence-electron chi connectivity index (χ0n) is 13.2. The number of fused-ring (bicyclic) bond motifs is 1. The zero-order chi connectivity index (χ0) is 16.0. The highest BCUT2D eigenvalue weighted by Crippen LogP contribution is 2.32. The largest absolute Gasteiger partial charge is 0.379 e. The molecule has 2 amide bonds. The van der Waals surface area contributed by atoms with Gasteiger partial charge in [-0.3, -0.25) is 14.5 Å². The Hall–Kier alpha value is -1.72. The summed E-state index contributed by atoms with van der Waals surface area (Å²) in [7, 11) is 1.59. The molecule has 0 fully saturated rings. The first-order valence-corrected chi connectivity index (χ1v) is 6.93. The van der Waals surface area contributed by atoms with Crippen LogP contribution in [0.4, 0.5) is 0 Å². The lowest BCUT2D eigenvalue weighted by molar-refractivity contribution is -0.0238. The van der Waals surface area contributed by atoms with Gasteiger partial charge in [-0.2, -0.15) is 0 Å². The number of rotatable bonds is 4. The quantitative estimate of drug-likeness (QED) is 0.862. The normalized spacial score (nSPS) is 17.9. The number of hydrogen-bond donors (Lipinski definition) is 1. The summed E-state index contributed by atoms with van der Waals surface area (Å²) >= 11 is 0. The van der Waals surface area contributed by atoms with Gasteiger partial charge in [0.1, 0.15) is 0 Å². The number of carbonyl (C=O) groups is 2. The minimum atomic E-state index is -1.11. The average molecular weight is 290 g/mol. The van der Waals surface area contributed by atoms with Gasteiger partial charge in [0, 0.05) is 13.5 Å². The van der Waals surface area contributed by atoms with Crippen LogP contribution in [0.5, 0.6) is 0 Å². The lowest BCUT2D eigenvalue weighted by atomic mass is 9.94. The Morgan fingerprint density at radius 1 is 1.14 bits per heavy atom. The first kappa shape index (κ1) is 15.7. The van der Waals surface area contributed by atoms with Gasteiger partial charge in [0.25, 0.3) is 11.8 Å². The van der Waals surface area contributed by atoms with Crippen molar-refractivity contribution in [2.24, 2.45) is 5.73 Å². The number of benzene rings is 1. The van der Waals surface area contributed by atoms with E-state index in [0.717, 1.165) is 10.5 Å². The summed E-state index contributed by atoms with van der Waals surface area (Å²) in [6.07, 6.45) is 0.348. The van der Waals surface area contributed by atoms with E-state index in [1.807, 2.05) is 26.8 Å². The number of hydrogen-bond acceptors (Lipinski definition) is 4. The minimum absolute atomic E-state index is 0.337. The van der Waals surface area contributed by atoms with Gasteiger partial charge in [-0.1, -0.05) is 11.6 Å². The molecule has 1 unspecified atom stereocenters. The van der Waals surface area contributed by atoms with Crippen molar-refractivity contribution in [2.75, 3.05) is 7.11 Å². The molecule has 1 atom stereocenters. The minimum Gasteiger partial charge on any atom is -0.379 e. The van der Waals surface area contributed by atoms with Crippen LogP contribution in [0.25, 0.3) is 0 Å². The van der Waals surface area contributed by atoms with Crippen LogP contribution in [0.2, 0.25) is 0 Å². The first-order valence-electron chi connectivity index (χ1n) is 6.93. The summed E-state index contributed by atoms with van der Waals surface area (Å²) in [5, 5.41) is 0. The van der Waals surface area contributed by atoms with E-state index in [4.69, 9.17) is 10.5 Å². The molecule has 0 saturated heterocycles. The van der Waals surface area contributed by atoms with E-state index in [1.54, 1.807) is 26.2 Å². The number of imide groups is 1. The predicted molar refractivity (Wildman–Crippen MR) is 80.0 cm³/mol. The summed E-state index contributed by atoms with van der Waals surface area (Å²) in [6, 6.07) is 5.23. The molecule has 0 spiro atoms. The van der Waals surface area contributed by atoms with Crippen molar-refractivity contribution in [1.29, 1.82) is 0 Å². The molecule has 0 radical (unpaired) electrons. The smallest absolute Gasteiger partial charge is 0.263 e. The molecule has 1 aliphatic rings. The van der Waals surface area contributed by atoms with Crippen LogP contribution in [-0.2, 0) is 4.74 Å². The maximum atomic E-state index is 12.6. The van der Waals surface area contributed by atoms with Gasteiger partial charge in [-0.05, 0) is 39.8 Å². The summed E-state index contributed by atoms with van der Waals surface area (Å²) in [5.74, 6) is -0.678. The molecular weight excluding hydrogens is 268 g/mol. The Labute approximate surface area is 125 Å². The maximum Gasteiger partial charge on any atom is 0.263 e. The number of aryl methyl sites for hydroxylation is 1. The second kappa shape index (κ2) is 4.93. The number of amides is 2. The zero-order valence-corrected chi connectivity index (χ0v) is 13.2. The summed E-state index contributed by atoms with van der Waals surface area (Å²) in [4.78, 5) is 26.2. The van der Waals surface area contributed by atoms with Crippen molar-refractivity contribution in [1.82, 2.24) is 4.90 Å². The van der Waals surface area contributed by atoms with Gasteiger partial charge in [0.15, 0.2) is 0 Å². The Balaban J connectivity index is 2.39. The van der Waals surface area contributed by atoms with E-state index in [1.165, 1.54) is 0 Å². The molecule has 1 aromatic rings. The number of carbonyl (C=O) groups excluding carboxylic acids is 2. The predicted octanol–water partition coefficient (Wildman–Crippen LogP) is 2.08. The number of ether oxygens (including phenoxy) is 1. The second-order valence-electron chi connectivity index (χ2n) is 6.49. The number of nitrogens with zero attached hydrogens (tertiary/aromatic N) is 1. The average Bonchev–Trinajstić information content (AvgIpc) is 2.60. The van der Waals surface area contributed by atoms with Gasteiger partial charge in [-0.25, -0.2) is 0 Å². The Morgan fingerprint density at radius 3 is 2.29 bits per heavy atom. The molecule has 0 aromatic heterocycles. The first-order chi connectivity index (χ1) is 9.59. The van der Waals surface area contributed by atoms with Crippen LogP contribution in [-0.4, -0.2) is 35.1 Å². The third kappa shape index (κ3) is 2.71. The molecule has 2 N–H and O–H groups in total. The summed E-state index contributed by atoms with van der Waals surface area (Å²) in [5.41, 5.74) is 6.42. The molecule has 114 valence electrons. The molecule has 5 heteroatoms. The fraction of sp³-hybridized carbons (Fsp3) is 0.500. The Bertz CT molecular complexity index is 606. The topological polar surface area (TPSA) is 72.6 Å². The third-order valence-corrected chi connectivity index (χ3v) is 3.89. The van der Waals surface area contributed by atoms with Crippen LogP contribution >= 0.6 is 0 Å². The lowest BCUT2D eigenvalue weighted by Gasteiger charge is -2.39. The van der Waals surface area contributed by atoms with E-state index in [-0.39, 0.29) is 11.8 Å². The lowest BCUT2D eigenvalue weighted by Crippen LogP contribution is -2.59. The molecule has 0 bridgehead atoms. The van der Waals surface area contributed by atoms with Crippen molar-refractivity contribution in [3.05, 3.63) is 34.9 Å². The SMILES string of the molecule is COC(C)(C)CC(C)(N)N1C(=O)c2ccc(C)cc2C1=O. The second-order valence-corrected chi connectivity index (χ2v) is 6.49. The van der Waals surface area contributed by atoms with Crippen molar-refractivity contribution < 1.29 is 14.3 Å². The van der Waals surface area contributed by atoms with E-state index < -0.39 is 11.3 Å². The Morgan fingerprint density at radius 2 is 1.71 bits per heavy atom. The standard InChI is InChI=1S/C16H22N2O3/c1-10-6-7-11-12(8-10)14(20)18(13(11)19)16(4,17)9-15(2,3)21-5/h6-8H,9,17H2,1-5H3. The molecule has 2 rings (SSSR count). The van der Waals surface area contributed by atoms with Gasteiger partial charge >= 0.3 is 0 Å². The molecular formula is C16H22N2O3. The third-order valence-electron chi connectivity index (χ3n) is 3.89. The summed E-state index contributed by atoms with van der Waals surface area (Å²) in [6.45, 7) is 7.32. The monoisotopic (exact) mass is 290 g/mol. The van der Waals surface area contributed by atoms with Crippen molar-refractivity contribution in [2.45, 2.75) is 45.4 Å². The fourth-order valence-electron chi connectivity index (χ4n) is 2.83. The molecule has 21 heavy (non-hydrogen) atoms. The highest BCUT2D eigenvalue weighted by atomic mass is 16.5. The van der Waals surface area contributed by atoms with Gasteiger partial charge in [-0.15, -0.1) is 0 Å². The molecule has 1 aliphatic heterocycles. The van der Waals surface area contributed by atoms with Crippen LogP contribution in [0.3, 0.4) is 0 Å². The van der Waals surface area contributed by atoms with E-state index >= 15 is 0 Å². The summed E-state index contributed by atoms with van der Waals surface area (Å²) < 4.78 is 5.37. The maximum absolute atomic E-state index is 12.6. The highest BCUT2D eigenvalue weighted by Gasteiger charge is 2.46. The van der Waals surface area contributed by atoms with Crippen LogP contribution < -0.4 is 5.73 Å². The molecule has 5 nitrogen and oxygen atoms in total. The fourth-order valence-corrected chi connectivity index (χ4v) is 2.83. The van der Waals surface area contributed by atoms with E-state index in [9.17, 15) is 9.59 Å². The van der Waals surface area contributed by atoms with Crippen molar-refractivity contribution in [3.8, 4) is 0 Å². The Kier molecular flexibility index (Phi) is 3.68. The van der Waals surface area contributed by atoms with Crippen LogP contribution in [0, 0.1) is 6.92 Å². The van der Waals surface area contributed by atoms with E-state index in [0.29, 0.717) is 17.5 Å². The number of nitrogens with two attached hydrogens (primary N) is 1. The molecule has 0 saturated carbocycles. The molecule has 1 aromatic carbocycles. The molecule has 1 heterocycles. The van der Waals surface area contributed by atoms with E-state index in [2.05, 4.69) is 0 Å².